The Kier molecular flexibility index (Phi) is 2.94. The minimum atomic E-state index is 0.0147. The minimum Gasteiger partial charge on any atom is -0.360 e. The third kappa shape index (κ3) is 2.01. The molecule has 0 aromatic heterocycles. The number of rotatable bonds is 0. The number of piperidine rings is 1. The Morgan fingerprint density at radius 2 is 1.56 bits per heavy atom. The fourth-order valence-electron chi connectivity index (χ4n) is 3.73. The molecule has 2 N–H and O–H groups in total. The van der Waals surface area contributed by atoms with Gasteiger partial charge in [0, 0.05) is 18.4 Å². The van der Waals surface area contributed by atoms with E-state index in [1.54, 1.807) is 0 Å². The normalized spacial score (nSPS) is 33.0. The first-order valence-corrected chi connectivity index (χ1v) is 6.97. The Balaban J connectivity index is 1.72. The molecule has 0 radical (unpaired) electrons. The summed E-state index contributed by atoms with van der Waals surface area (Å²) in [5.41, 5.74) is 0.439. The van der Waals surface area contributed by atoms with Crippen molar-refractivity contribution in [3.63, 3.8) is 0 Å². The van der Waals surface area contributed by atoms with Gasteiger partial charge in [-0.05, 0) is 32.4 Å². The molecule has 0 unspecified atom stereocenters. The van der Waals surface area contributed by atoms with Gasteiger partial charge in [0.1, 0.15) is 5.72 Å². The smallest absolute Gasteiger partial charge is 0.122 e. The highest BCUT2D eigenvalue weighted by Crippen LogP contribution is 2.38. The van der Waals surface area contributed by atoms with E-state index >= 15 is 0 Å². The summed E-state index contributed by atoms with van der Waals surface area (Å²) in [6.45, 7) is 3.17. The highest BCUT2D eigenvalue weighted by Gasteiger charge is 2.45. The molecule has 0 atom stereocenters. The minimum absolute atomic E-state index is 0.0147. The molecule has 3 aliphatic rings. The lowest BCUT2D eigenvalue weighted by molar-refractivity contribution is -0.152. The molecule has 3 fully saturated rings. The van der Waals surface area contributed by atoms with Gasteiger partial charge in [0.05, 0.1) is 6.61 Å². The van der Waals surface area contributed by atoms with Gasteiger partial charge in [-0.3, -0.25) is 5.32 Å². The monoisotopic (exact) mass is 224 g/mol. The average molecular weight is 224 g/mol. The van der Waals surface area contributed by atoms with Crippen LogP contribution in [0, 0.1) is 0 Å². The fourth-order valence-corrected chi connectivity index (χ4v) is 3.73. The molecule has 3 rings (SSSR count). The molecule has 2 aliphatic heterocycles. The number of hydrogen-bond acceptors (Lipinski definition) is 3. The predicted molar refractivity (Wildman–Crippen MR) is 64.4 cm³/mol. The fraction of sp³-hybridized carbons (Fsp3) is 1.00. The van der Waals surface area contributed by atoms with Crippen molar-refractivity contribution < 1.29 is 4.74 Å². The van der Waals surface area contributed by atoms with Crippen LogP contribution in [0.15, 0.2) is 0 Å². The van der Waals surface area contributed by atoms with Gasteiger partial charge < -0.3 is 10.1 Å². The summed E-state index contributed by atoms with van der Waals surface area (Å²) in [5, 5.41) is 7.35. The molecule has 0 bridgehead atoms. The molecule has 2 spiro atoms. The Morgan fingerprint density at radius 1 is 0.812 bits per heavy atom. The Bertz CT molecular complexity index is 207. The van der Waals surface area contributed by atoms with Crippen LogP contribution in [0.1, 0.15) is 51.4 Å². The van der Waals surface area contributed by atoms with E-state index in [4.69, 9.17) is 4.74 Å². The molecule has 1 saturated carbocycles. The Hall–Kier alpha value is -0.120. The standard InChI is InChI=1S/C13H24N2O/c1-2-4-12(5-3-1)8-11-16-13(15-12)6-9-14-10-7-13/h14-15H,1-11H2. The third-order valence-corrected chi connectivity index (χ3v) is 4.67. The average Bonchev–Trinajstić information content (AvgIpc) is 2.31. The van der Waals surface area contributed by atoms with Crippen molar-refractivity contribution >= 4 is 0 Å². The van der Waals surface area contributed by atoms with E-state index in [1.165, 1.54) is 38.5 Å². The Morgan fingerprint density at radius 3 is 2.31 bits per heavy atom. The Labute approximate surface area is 98.3 Å². The molecule has 16 heavy (non-hydrogen) atoms. The lowest BCUT2D eigenvalue weighted by Gasteiger charge is -2.52. The van der Waals surface area contributed by atoms with Gasteiger partial charge >= 0.3 is 0 Å². The van der Waals surface area contributed by atoms with Gasteiger partial charge in [-0.2, -0.15) is 0 Å². The maximum Gasteiger partial charge on any atom is 0.122 e. The second-order valence-corrected chi connectivity index (χ2v) is 5.81. The lowest BCUT2D eigenvalue weighted by Crippen LogP contribution is -2.66. The molecule has 3 nitrogen and oxygen atoms in total. The molecule has 92 valence electrons. The van der Waals surface area contributed by atoms with E-state index in [-0.39, 0.29) is 5.72 Å². The maximum absolute atomic E-state index is 6.08. The molecule has 3 heteroatoms. The quantitative estimate of drug-likeness (QED) is 0.658. The summed E-state index contributed by atoms with van der Waals surface area (Å²) in [7, 11) is 0. The van der Waals surface area contributed by atoms with Crippen LogP contribution in [0.2, 0.25) is 0 Å². The van der Waals surface area contributed by atoms with E-state index in [9.17, 15) is 0 Å². The van der Waals surface area contributed by atoms with Gasteiger partial charge in [-0.15, -0.1) is 0 Å². The number of nitrogens with one attached hydrogen (secondary N) is 2. The summed E-state index contributed by atoms with van der Waals surface area (Å²) in [6, 6.07) is 0. The van der Waals surface area contributed by atoms with Crippen LogP contribution in [-0.2, 0) is 4.74 Å². The van der Waals surface area contributed by atoms with Gasteiger partial charge in [0.25, 0.3) is 0 Å². The molecule has 2 heterocycles. The van der Waals surface area contributed by atoms with Crippen molar-refractivity contribution in [3.8, 4) is 0 Å². The van der Waals surface area contributed by atoms with E-state index < -0.39 is 0 Å². The van der Waals surface area contributed by atoms with Crippen LogP contribution in [-0.4, -0.2) is 31.0 Å². The van der Waals surface area contributed by atoms with Gasteiger partial charge in [0.2, 0.25) is 0 Å². The first-order chi connectivity index (χ1) is 7.83. The third-order valence-electron chi connectivity index (χ3n) is 4.67. The highest BCUT2D eigenvalue weighted by molar-refractivity contribution is 5.00. The summed E-state index contributed by atoms with van der Waals surface area (Å²) in [5.74, 6) is 0. The van der Waals surface area contributed by atoms with Gasteiger partial charge in [-0.25, -0.2) is 0 Å². The molecule has 0 amide bonds. The van der Waals surface area contributed by atoms with Crippen molar-refractivity contribution in [2.75, 3.05) is 19.7 Å². The first kappa shape index (κ1) is 11.0. The molecule has 1 aliphatic carbocycles. The summed E-state index contributed by atoms with van der Waals surface area (Å²) in [4.78, 5) is 0. The largest absolute Gasteiger partial charge is 0.360 e. The van der Waals surface area contributed by atoms with E-state index in [0.29, 0.717) is 5.54 Å². The van der Waals surface area contributed by atoms with Crippen LogP contribution in [0.4, 0.5) is 0 Å². The molecule has 0 aromatic carbocycles. The van der Waals surface area contributed by atoms with Crippen LogP contribution in [0.25, 0.3) is 0 Å². The summed E-state index contributed by atoms with van der Waals surface area (Å²) >= 11 is 0. The topological polar surface area (TPSA) is 33.3 Å². The van der Waals surface area contributed by atoms with Crippen molar-refractivity contribution in [1.82, 2.24) is 10.6 Å². The second-order valence-electron chi connectivity index (χ2n) is 5.81. The van der Waals surface area contributed by atoms with Gasteiger partial charge in [0.15, 0.2) is 0 Å². The van der Waals surface area contributed by atoms with Crippen molar-refractivity contribution in [3.05, 3.63) is 0 Å². The van der Waals surface area contributed by atoms with E-state index in [1.807, 2.05) is 0 Å². The van der Waals surface area contributed by atoms with Crippen molar-refractivity contribution in [2.24, 2.45) is 0 Å². The zero-order chi connectivity index (χ0) is 10.9. The van der Waals surface area contributed by atoms with Crippen LogP contribution >= 0.6 is 0 Å². The maximum atomic E-state index is 6.08. The summed E-state index contributed by atoms with van der Waals surface area (Å²) < 4.78 is 6.08. The van der Waals surface area contributed by atoms with E-state index in [2.05, 4.69) is 10.6 Å². The van der Waals surface area contributed by atoms with E-state index in [0.717, 1.165) is 32.5 Å². The highest BCUT2D eigenvalue weighted by atomic mass is 16.5. The summed E-state index contributed by atoms with van der Waals surface area (Å²) in [6.07, 6.45) is 10.5. The van der Waals surface area contributed by atoms with Crippen molar-refractivity contribution in [2.45, 2.75) is 62.6 Å². The van der Waals surface area contributed by atoms with Crippen LogP contribution < -0.4 is 10.6 Å². The molecular weight excluding hydrogens is 200 g/mol. The number of hydrogen-bond donors (Lipinski definition) is 2. The second kappa shape index (κ2) is 4.28. The lowest BCUT2D eigenvalue weighted by atomic mass is 9.77. The zero-order valence-electron chi connectivity index (χ0n) is 10.2. The SMILES string of the molecule is C1CCC2(CC1)CCOC1(CCNCC1)N2. The molecule has 0 aromatic rings. The van der Waals surface area contributed by atoms with Crippen molar-refractivity contribution in [1.29, 1.82) is 0 Å². The number of ether oxygens (including phenoxy) is 1. The molecule has 2 saturated heterocycles. The first-order valence-electron chi connectivity index (χ1n) is 6.97. The molecular formula is C13H24N2O. The van der Waals surface area contributed by atoms with Crippen LogP contribution in [0.3, 0.4) is 0 Å². The van der Waals surface area contributed by atoms with Gasteiger partial charge in [-0.1, -0.05) is 19.3 Å². The predicted octanol–water partition coefficient (Wildman–Crippen LogP) is 1.78. The van der Waals surface area contributed by atoms with Crippen LogP contribution in [0.5, 0.6) is 0 Å². The zero-order valence-corrected chi connectivity index (χ0v) is 10.2.